The lowest BCUT2D eigenvalue weighted by atomic mass is 10.0. The van der Waals surface area contributed by atoms with Gasteiger partial charge in [-0.05, 0) is 41.8 Å². The van der Waals surface area contributed by atoms with Gasteiger partial charge in [-0.25, -0.2) is 4.79 Å². The van der Waals surface area contributed by atoms with E-state index in [0.29, 0.717) is 17.9 Å². The van der Waals surface area contributed by atoms with Crippen LogP contribution in [0.3, 0.4) is 0 Å². The largest absolute Gasteiger partial charge is 0.504 e. The van der Waals surface area contributed by atoms with Gasteiger partial charge in [0.05, 0.1) is 27.9 Å². The Hall–Kier alpha value is -4.27. The van der Waals surface area contributed by atoms with Gasteiger partial charge in [-0.2, -0.15) is 0 Å². The summed E-state index contributed by atoms with van der Waals surface area (Å²) in [5, 5.41) is 42.5. The van der Waals surface area contributed by atoms with Gasteiger partial charge in [0.25, 0.3) is 5.69 Å². The molecule has 3 aromatic carbocycles. The predicted molar refractivity (Wildman–Crippen MR) is 102 cm³/mol. The second kappa shape index (κ2) is 6.71. The van der Waals surface area contributed by atoms with Gasteiger partial charge in [0, 0.05) is 6.07 Å². The molecule has 3 aromatic rings. The van der Waals surface area contributed by atoms with Crippen LogP contribution >= 0.6 is 0 Å². The van der Waals surface area contributed by atoms with Crippen molar-refractivity contribution in [2.45, 2.75) is 6.42 Å². The molecule has 0 saturated carbocycles. The van der Waals surface area contributed by atoms with Gasteiger partial charge in [0.15, 0.2) is 23.0 Å². The smallest absolute Gasteiger partial charge is 0.338 e. The molecule has 0 fully saturated rings. The van der Waals surface area contributed by atoms with Gasteiger partial charge >= 0.3 is 5.97 Å². The number of anilines is 2. The van der Waals surface area contributed by atoms with E-state index in [1.807, 2.05) is 0 Å². The normalized spacial score (nSPS) is 11.6. The first-order chi connectivity index (χ1) is 13.8. The summed E-state index contributed by atoms with van der Waals surface area (Å²) in [4.78, 5) is 21.9. The molecule has 1 aliphatic rings. The average molecular weight is 394 g/mol. The second-order valence-corrected chi connectivity index (χ2v) is 6.49. The summed E-state index contributed by atoms with van der Waals surface area (Å²) in [6, 6.07) is 11.9. The van der Waals surface area contributed by atoms with E-state index in [1.165, 1.54) is 18.2 Å². The maximum absolute atomic E-state index is 11.5. The summed E-state index contributed by atoms with van der Waals surface area (Å²) >= 11 is 0. The van der Waals surface area contributed by atoms with E-state index in [0.717, 1.165) is 17.2 Å². The number of hydrogen-bond donors (Lipinski definition) is 4. The van der Waals surface area contributed by atoms with Crippen LogP contribution in [0.2, 0.25) is 0 Å². The molecular formula is C20H14N2O7. The molecule has 0 saturated heterocycles. The minimum absolute atomic E-state index is 0.0449. The lowest BCUT2D eigenvalue weighted by Gasteiger charge is -2.23. The van der Waals surface area contributed by atoms with Crippen molar-refractivity contribution in [1.82, 2.24) is 0 Å². The van der Waals surface area contributed by atoms with E-state index in [2.05, 4.69) is 5.32 Å². The maximum Gasteiger partial charge on any atom is 0.338 e. The van der Waals surface area contributed by atoms with Gasteiger partial charge < -0.3 is 25.4 Å². The first-order valence-electron chi connectivity index (χ1n) is 8.46. The topological polar surface area (TPSA) is 142 Å². The van der Waals surface area contributed by atoms with Crippen molar-refractivity contribution < 1.29 is 29.8 Å². The fraction of sp³-hybridized carbons (Fsp3) is 0.0500. The Morgan fingerprint density at radius 3 is 2.41 bits per heavy atom. The fourth-order valence-corrected chi connectivity index (χ4v) is 3.12. The minimum Gasteiger partial charge on any atom is -0.504 e. The molecule has 0 atom stereocenters. The van der Waals surface area contributed by atoms with E-state index < -0.39 is 10.9 Å². The molecule has 0 spiro atoms. The van der Waals surface area contributed by atoms with E-state index >= 15 is 0 Å². The lowest BCUT2D eigenvalue weighted by Crippen LogP contribution is -2.10. The number of aromatic hydroxyl groups is 2. The standard InChI is InChI=1S/C20H14N2O7/c23-15-4-2-10(6-16(15)24)5-11-1-3-14-17(7-11)29-18-9-12(22(27)28)8-13(20(25)26)19(18)21-14/h1-4,6-9,21,23-24H,5H2,(H,25,26). The van der Waals surface area contributed by atoms with E-state index in [-0.39, 0.29) is 34.2 Å². The molecular weight excluding hydrogens is 380 g/mol. The number of ether oxygens (including phenoxy) is 1. The first-order valence-corrected chi connectivity index (χ1v) is 8.46. The van der Waals surface area contributed by atoms with Crippen molar-refractivity contribution in [2.75, 3.05) is 5.32 Å². The molecule has 29 heavy (non-hydrogen) atoms. The molecule has 0 bridgehead atoms. The molecule has 4 N–H and O–H groups in total. The molecule has 0 aliphatic carbocycles. The number of phenols is 2. The van der Waals surface area contributed by atoms with Crippen LogP contribution in [0.25, 0.3) is 0 Å². The van der Waals surface area contributed by atoms with E-state index in [9.17, 15) is 30.2 Å². The number of nitro benzene ring substituents is 1. The zero-order chi connectivity index (χ0) is 20.7. The van der Waals surface area contributed by atoms with Gasteiger partial charge in [0.1, 0.15) is 0 Å². The highest BCUT2D eigenvalue weighted by molar-refractivity contribution is 5.99. The molecule has 4 rings (SSSR count). The summed E-state index contributed by atoms with van der Waals surface area (Å²) in [5.41, 5.74) is 1.60. The molecule has 0 aromatic heterocycles. The fourth-order valence-electron chi connectivity index (χ4n) is 3.12. The Bertz CT molecular complexity index is 1170. The summed E-state index contributed by atoms with van der Waals surface area (Å²) < 4.78 is 5.76. The van der Waals surface area contributed by atoms with Crippen LogP contribution in [0, 0.1) is 10.1 Å². The van der Waals surface area contributed by atoms with Crippen LogP contribution in [0.1, 0.15) is 21.5 Å². The number of nitrogens with zero attached hydrogens (tertiary/aromatic N) is 1. The van der Waals surface area contributed by atoms with Crippen LogP contribution < -0.4 is 10.1 Å². The van der Waals surface area contributed by atoms with E-state index in [4.69, 9.17) is 4.74 Å². The SMILES string of the molecule is O=C(O)c1cc([N+](=O)[O-])cc2c1Nc1ccc(Cc3ccc(O)c(O)c3)cc1O2. The van der Waals surface area contributed by atoms with Gasteiger partial charge in [-0.3, -0.25) is 10.1 Å². The number of carboxylic acid groups (broad SMARTS) is 1. The third-order valence-electron chi connectivity index (χ3n) is 4.50. The molecule has 1 aliphatic heterocycles. The maximum atomic E-state index is 11.5. The number of fused-ring (bicyclic) bond motifs is 2. The first kappa shape index (κ1) is 18.1. The van der Waals surface area contributed by atoms with E-state index in [1.54, 1.807) is 24.3 Å². The number of rotatable bonds is 4. The zero-order valence-electron chi connectivity index (χ0n) is 14.7. The third-order valence-corrected chi connectivity index (χ3v) is 4.50. The molecule has 0 radical (unpaired) electrons. The number of nitro groups is 1. The van der Waals surface area contributed by atoms with Crippen molar-refractivity contribution in [3.63, 3.8) is 0 Å². The van der Waals surface area contributed by atoms with Crippen molar-refractivity contribution in [3.8, 4) is 23.0 Å². The summed E-state index contributed by atoms with van der Waals surface area (Å²) in [6.07, 6.45) is 0.437. The summed E-state index contributed by atoms with van der Waals surface area (Å²) in [6.45, 7) is 0. The molecule has 146 valence electrons. The highest BCUT2D eigenvalue weighted by Gasteiger charge is 2.26. The van der Waals surface area contributed by atoms with Crippen LogP contribution in [0.5, 0.6) is 23.0 Å². The molecule has 0 amide bonds. The number of non-ortho nitro benzene ring substituents is 1. The van der Waals surface area contributed by atoms with Crippen molar-refractivity contribution in [3.05, 3.63) is 75.3 Å². The number of aromatic carboxylic acids is 1. The third kappa shape index (κ3) is 3.36. The number of benzene rings is 3. The quantitative estimate of drug-likeness (QED) is 0.230. The number of hydrogen-bond acceptors (Lipinski definition) is 7. The van der Waals surface area contributed by atoms with Crippen LogP contribution in [-0.2, 0) is 6.42 Å². The Balaban J connectivity index is 1.68. The molecule has 9 nitrogen and oxygen atoms in total. The number of nitrogens with one attached hydrogen (secondary N) is 1. The van der Waals surface area contributed by atoms with Crippen molar-refractivity contribution in [1.29, 1.82) is 0 Å². The zero-order valence-corrected chi connectivity index (χ0v) is 14.7. The Morgan fingerprint density at radius 1 is 1.00 bits per heavy atom. The van der Waals surface area contributed by atoms with Crippen molar-refractivity contribution in [2.24, 2.45) is 0 Å². The molecule has 0 unspecified atom stereocenters. The highest BCUT2D eigenvalue weighted by Crippen LogP contribution is 2.46. The monoisotopic (exact) mass is 394 g/mol. The summed E-state index contributed by atoms with van der Waals surface area (Å²) in [7, 11) is 0. The number of carbonyl (C=O) groups is 1. The highest BCUT2D eigenvalue weighted by atomic mass is 16.6. The van der Waals surface area contributed by atoms with Crippen LogP contribution in [0.15, 0.2) is 48.5 Å². The van der Waals surface area contributed by atoms with Crippen LogP contribution in [0.4, 0.5) is 17.1 Å². The number of phenolic OH excluding ortho intramolecular Hbond substituents is 2. The Kier molecular flexibility index (Phi) is 4.19. The van der Waals surface area contributed by atoms with Gasteiger partial charge in [0.2, 0.25) is 0 Å². The minimum atomic E-state index is -1.31. The lowest BCUT2D eigenvalue weighted by molar-refractivity contribution is -0.384. The van der Waals surface area contributed by atoms with Crippen molar-refractivity contribution >= 4 is 23.0 Å². The average Bonchev–Trinajstić information content (AvgIpc) is 2.68. The van der Waals surface area contributed by atoms with Gasteiger partial charge in [-0.15, -0.1) is 0 Å². The van der Waals surface area contributed by atoms with Gasteiger partial charge in [-0.1, -0.05) is 12.1 Å². The Labute approximate surface area is 163 Å². The number of carboxylic acids is 1. The predicted octanol–water partition coefficient (Wildman–Crippen LogP) is 4.14. The molecule has 9 heteroatoms. The Morgan fingerprint density at radius 2 is 1.72 bits per heavy atom. The summed E-state index contributed by atoms with van der Waals surface area (Å²) in [5.74, 6) is -1.31. The van der Waals surface area contributed by atoms with Crippen LogP contribution in [-0.4, -0.2) is 26.2 Å². The second-order valence-electron chi connectivity index (χ2n) is 6.49. The molecule has 1 heterocycles.